The fraction of sp³-hybridized carbons (Fsp3) is 0.222. The second-order valence-corrected chi connectivity index (χ2v) is 5.31. The van der Waals surface area contributed by atoms with Crippen LogP contribution in [0.1, 0.15) is 12.5 Å². The Bertz CT molecular complexity index is 773. The number of hydrogen-bond acceptors (Lipinski definition) is 4. The molecule has 1 aliphatic heterocycles. The molecule has 0 aliphatic carbocycles. The standard InChI is InChI=1S/C18H18N2O4/c1-2-23-15-5-3-4-6-16(15)24-11-18(22)19-13-7-8-14-12(9-13)10-17(21)20-14/h3-9H,2,10-11H2,1H3,(H,19,22)(H,20,21). The van der Waals surface area contributed by atoms with Gasteiger partial charge in [0.15, 0.2) is 18.1 Å². The SMILES string of the molecule is CCOc1ccccc1OCC(=O)Nc1ccc2c(c1)CC(=O)N2. The van der Waals surface area contributed by atoms with Crippen LogP contribution >= 0.6 is 0 Å². The quantitative estimate of drug-likeness (QED) is 0.855. The number of para-hydroxylation sites is 2. The van der Waals surface area contributed by atoms with E-state index >= 15 is 0 Å². The highest BCUT2D eigenvalue weighted by atomic mass is 16.5. The first kappa shape index (κ1) is 15.9. The number of nitrogens with one attached hydrogen (secondary N) is 2. The van der Waals surface area contributed by atoms with Gasteiger partial charge in [0.25, 0.3) is 5.91 Å². The largest absolute Gasteiger partial charge is 0.490 e. The van der Waals surface area contributed by atoms with Crippen molar-refractivity contribution in [3.05, 3.63) is 48.0 Å². The molecule has 0 aromatic heterocycles. The number of carbonyl (C=O) groups is 2. The lowest BCUT2D eigenvalue weighted by Crippen LogP contribution is -2.20. The van der Waals surface area contributed by atoms with Crippen LogP contribution in [0.2, 0.25) is 0 Å². The number of carbonyl (C=O) groups excluding carboxylic acids is 2. The normalized spacial score (nSPS) is 12.3. The van der Waals surface area contributed by atoms with Crippen molar-refractivity contribution < 1.29 is 19.1 Å². The molecule has 2 aromatic rings. The van der Waals surface area contributed by atoms with Crippen molar-refractivity contribution in [1.82, 2.24) is 0 Å². The Morgan fingerprint density at radius 3 is 2.67 bits per heavy atom. The van der Waals surface area contributed by atoms with Gasteiger partial charge in [-0.3, -0.25) is 9.59 Å². The van der Waals surface area contributed by atoms with E-state index in [1.165, 1.54) is 0 Å². The summed E-state index contributed by atoms with van der Waals surface area (Å²) < 4.78 is 11.0. The highest BCUT2D eigenvalue weighted by Gasteiger charge is 2.18. The van der Waals surface area contributed by atoms with E-state index in [1.807, 2.05) is 19.1 Å². The Labute approximate surface area is 139 Å². The van der Waals surface area contributed by atoms with Crippen LogP contribution in [0.4, 0.5) is 11.4 Å². The molecular weight excluding hydrogens is 308 g/mol. The number of fused-ring (bicyclic) bond motifs is 1. The zero-order valence-electron chi connectivity index (χ0n) is 13.3. The zero-order chi connectivity index (χ0) is 16.9. The summed E-state index contributed by atoms with van der Waals surface area (Å²) in [5.74, 6) is 0.816. The van der Waals surface area contributed by atoms with E-state index < -0.39 is 0 Å². The fourth-order valence-electron chi connectivity index (χ4n) is 2.49. The maximum Gasteiger partial charge on any atom is 0.262 e. The summed E-state index contributed by atoms with van der Waals surface area (Å²) in [5, 5.41) is 5.52. The number of benzene rings is 2. The monoisotopic (exact) mass is 326 g/mol. The third kappa shape index (κ3) is 3.65. The Balaban J connectivity index is 1.59. The van der Waals surface area contributed by atoms with Crippen LogP contribution in [0.3, 0.4) is 0 Å². The summed E-state index contributed by atoms with van der Waals surface area (Å²) >= 11 is 0. The molecule has 0 fully saturated rings. The molecule has 3 rings (SSSR count). The highest BCUT2D eigenvalue weighted by molar-refractivity contribution is 6.00. The first-order valence-electron chi connectivity index (χ1n) is 7.73. The van der Waals surface area contributed by atoms with Gasteiger partial charge in [0, 0.05) is 11.4 Å². The molecule has 2 amide bonds. The minimum Gasteiger partial charge on any atom is -0.490 e. The van der Waals surface area contributed by atoms with Crippen molar-refractivity contribution in [2.75, 3.05) is 23.8 Å². The Morgan fingerprint density at radius 1 is 1.17 bits per heavy atom. The number of ether oxygens (including phenoxy) is 2. The van der Waals surface area contributed by atoms with Gasteiger partial charge in [0.05, 0.1) is 13.0 Å². The molecule has 0 radical (unpaired) electrons. The molecular formula is C18H18N2O4. The van der Waals surface area contributed by atoms with Crippen LogP contribution in [0.25, 0.3) is 0 Å². The van der Waals surface area contributed by atoms with Gasteiger partial charge in [-0.05, 0) is 42.8 Å². The van der Waals surface area contributed by atoms with Crippen LogP contribution in [-0.2, 0) is 16.0 Å². The highest BCUT2D eigenvalue weighted by Crippen LogP contribution is 2.27. The second kappa shape index (κ2) is 7.04. The number of amides is 2. The molecule has 0 unspecified atom stereocenters. The van der Waals surface area contributed by atoms with Crippen LogP contribution in [-0.4, -0.2) is 25.0 Å². The summed E-state index contributed by atoms with van der Waals surface area (Å²) in [7, 11) is 0. The molecule has 0 saturated carbocycles. The Kier molecular flexibility index (Phi) is 4.65. The minimum absolute atomic E-state index is 0.0376. The lowest BCUT2D eigenvalue weighted by atomic mass is 10.1. The van der Waals surface area contributed by atoms with Gasteiger partial charge in [0.2, 0.25) is 5.91 Å². The van der Waals surface area contributed by atoms with Gasteiger partial charge < -0.3 is 20.1 Å². The molecule has 2 N–H and O–H groups in total. The summed E-state index contributed by atoms with van der Waals surface area (Å²) in [5.41, 5.74) is 2.30. The summed E-state index contributed by atoms with van der Waals surface area (Å²) in [6.45, 7) is 2.28. The van der Waals surface area contributed by atoms with Crippen molar-refractivity contribution in [2.24, 2.45) is 0 Å². The fourth-order valence-corrected chi connectivity index (χ4v) is 2.49. The minimum atomic E-state index is -0.279. The van der Waals surface area contributed by atoms with E-state index in [0.29, 0.717) is 30.2 Å². The van der Waals surface area contributed by atoms with Crippen molar-refractivity contribution in [3.63, 3.8) is 0 Å². The van der Waals surface area contributed by atoms with E-state index in [0.717, 1.165) is 11.3 Å². The first-order valence-corrected chi connectivity index (χ1v) is 7.73. The van der Waals surface area contributed by atoms with Gasteiger partial charge in [-0.2, -0.15) is 0 Å². The first-order chi connectivity index (χ1) is 11.7. The maximum atomic E-state index is 12.1. The topological polar surface area (TPSA) is 76.7 Å². The average Bonchev–Trinajstić information content (AvgIpc) is 2.93. The Morgan fingerprint density at radius 2 is 1.92 bits per heavy atom. The van der Waals surface area contributed by atoms with Gasteiger partial charge in [-0.25, -0.2) is 0 Å². The molecule has 0 bridgehead atoms. The molecule has 24 heavy (non-hydrogen) atoms. The van der Waals surface area contributed by atoms with Crippen LogP contribution < -0.4 is 20.1 Å². The van der Waals surface area contributed by atoms with E-state index in [1.54, 1.807) is 30.3 Å². The molecule has 6 nitrogen and oxygen atoms in total. The van der Waals surface area contributed by atoms with Crippen LogP contribution in [0.5, 0.6) is 11.5 Å². The van der Waals surface area contributed by atoms with Crippen LogP contribution in [0.15, 0.2) is 42.5 Å². The molecule has 1 aliphatic rings. The summed E-state index contributed by atoms with van der Waals surface area (Å²) in [4.78, 5) is 23.4. The molecule has 6 heteroatoms. The van der Waals surface area contributed by atoms with Gasteiger partial charge in [-0.15, -0.1) is 0 Å². The van der Waals surface area contributed by atoms with Gasteiger partial charge >= 0.3 is 0 Å². The van der Waals surface area contributed by atoms with Crippen molar-refractivity contribution >= 4 is 23.2 Å². The van der Waals surface area contributed by atoms with Crippen molar-refractivity contribution in [2.45, 2.75) is 13.3 Å². The van der Waals surface area contributed by atoms with Gasteiger partial charge in [0.1, 0.15) is 0 Å². The number of anilines is 2. The third-order valence-electron chi connectivity index (χ3n) is 3.52. The molecule has 0 atom stereocenters. The molecule has 0 saturated heterocycles. The van der Waals surface area contributed by atoms with E-state index in [4.69, 9.17) is 9.47 Å². The molecule has 124 valence electrons. The second-order valence-electron chi connectivity index (χ2n) is 5.31. The summed E-state index contributed by atoms with van der Waals surface area (Å²) in [6.07, 6.45) is 0.331. The van der Waals surface area contributed by atoms with Crippen molar-refractivity contribution in [1.29, 1.82) is 0 Å². The number of rotatable bonds is 6. The third-order valence-corrected chi connectivity index (χ3v) is 3.52. The van der Waals surface area contributed by atoms with Crippen LogP contribution in [0, 0.1) is 0 Å². The lowest BCUT2D eigenvalue weighted by molar-refractivity contribution is -0.118. The van der Waals surface area contributed by atoms with Gasteiger partial charge in [-0.1, -0.05) is 12.1 Å². The lowest BCUT2D eigenvalue weighted by Gasteiger charge is -2.12. The maximum absolute atomic E-state index is 12.1. The number of hydrogen-bond donors (Lipinski definition) is 2. The van der Waals surface area contributed by atoms with E-state index in [-0.39, 0.29) is 18.4 Å². The summed E-state index contributed by atoms with van der Waals surface area (Å²) in [6, 6.07) is 12.5. The average molecular weight is 326 g/mol. The van der Waals surface area contributed by atoms with E-state index in [2.05, 4.69) is 10.6 Å². The predicted molar refractivity (Wildman–Crippen MR) is 90.5 cm³/mol. The molecule has 1 heterocycles. The van der Waals surface area contributed by atoms with Crippen molar-refractivity contribution in [3.8, 4) is 11.5 Å². The molecule has 2 aromatic carbocycles. The predicted octanol–water partition coefficient (Wildman–Crippen LogP) is 2.60. The smallest absolute Gasteiger partial charge is 0.262 e. The Hall–Kier alpha value is -3.02. The zero-order valence-corrected chi connectivity index (χ0v) is 13.3. The molecule has 0 spiro atoms. The van der Waals surface area contributed by atoms with E-state index in [9.17, 15) is 9.59 Å².